The molecule has 7 heteroatoms. The van der Waals surface area contributed by atoms with Crippen LogP contribution in [0.3, 0.4) is 0 Å². The van der Waals surface area contributed by atoms with Crippen molar-refractivity contribution in [2.75, 3.05) is 31.6 Å². The van der Waals surface area contributed by atoms with Crippen molar-refractivity contribution in [3.63, 3.8) is 0 Å². The Hall–Kier alpha value is -1.51. The number of amides is 1. The number of aliphatic imine (C=N–C) groups is 1. The molecule has 1 atom stereocenters. The number of aryl methyl sites for hydroxylation is 1. The van der Waals surface area contributed by atoms with Gasteiger partial charge in [0.25, 0.3) is 0 Å². The zero-order valence-corrected chi connectivity index (χ0v) is 18.8. The lowest BCUT2D eigenvalue weighted by atomic mass is 10.1. The minimum atomic E-state index is -0.226. The van der Waals surface area contributed by atoms with E-state index in [1.165, 1.54) is 11.3 Å². The molecule has 3 N–H and O–H groups in total. The molecule has 1 unspecified atom stereocenters. The maximum absolute atomic E-state index is 11.9. The summed E-state index contributed by atoms with van der Waals surface area (Å²) in [5.41, 5.74) is 2.30. The van der Waals surface area contributed by atoms with Gasteiger partial charge in [0.2, 0.25) is 5.91 Å². The van der Waals surface area contributed by atoms with Gasteiger partial charge in [-0.2, -0.15) is 0 Å². The maximum atomic E-state index is 11.9. The number of hydrogen-bond acceptors (Lipinski definition) is 3. The smallest absolute Gasteiger partial charge is 0.239 e. The van der Waals surface area contributed by atoms with Gasteiger partial charge < -0.3 is 20.9 Å². The molecule has 146 valence electrons. The highest BCUT2D eigenvalue weighted by Crippen LogP contribution is 2.20. The second kappa shape index (κ2) is 9.99. The highest BCUT2D eigenvalue weighted by molar-refractivity contribution is 14.0. The SMILES string of the molecule is CN=C(NCC(=O)NC(C)(C)C)NC1CCN(c2ccc(C)cc2)C1.I. The van der Waals surface area contributed by atoms with Crippen LogP contribution in [0.25, 0.3) is 0 Å². The molecule has 1 aromatic carbocycles. The van der Waals surface area contributed by atoms with Crippen LogP contribution in [0.5, 0.6) is 0 Å². The van der Waals surface area contributed by atoms with Crippen LogP contribution in [0.2, 0.25) is 0 Å². The van der Waals surface area contributed by atoms with Crippen LogP contribution in [-0.4, -0.2) is 50.1 Å². The van der Waals surface area contributed by atoms with Gasteiger partial charge in [-0.05, 0) is 46.2 Å². The van der Waals surface area contributed by atoms with Crippen LogP contribution in [-0.2, 0) is 4.79 Å². The number of rotatable bonds is 4. The molecule has 1 heterocycles. The van der Waals surface area contributed by atoms with E-state index < -0.39 is 0 Å². The molecule has 0 aliphatic carbocycles. The van der Waals surface area contributed by atoms with E-state index in [1.807, 2.05) is 20.8 Å². The molecule has 1 fully saturated rings. The van der Waals surface area contributed by atoms with Gasteiger partial charge in [0.1, 0.15) is 0 Å². The lowest BCUT2D eigenvalue weighted by Gasteiger charge is -2.22. The fourth-order valence-corrected chi connectivity index (χ4v) is 2.88. The molecule has 0 radical (unpaired) electrons. The zero-order chi connectivity index (χ0) is 18.4. The second-order valence-corrected chi connectivity index (χ2v) is 7.64. The first-order valence-corrected chi connectivity index (χ1v) is 8.86. The van der Waals surface area contributed by atoms with Gasteiger partial charge in [-0.3, -0.25) is 9.79 Å². The summed E-state index contributed by atoms with van der Waals surface area (Å²) in [6.07, 6.45) is 1.04. The van der Waals surface area contributed by atoms with Gasteiger partial charge >= 0.3 is 0 Å². The summed E-state index contributed by atoms with van der Waals surface area (Å²) >= 11 is 0. The van der Waals surface area contributed by atoms with Gasteiger partial charge in [-0.1, -0.05) is 17.7 Å². The summed E-state index contributed by atoms with van der Waals surface area (Å²) in [6, 6.07) is 8.94. The van der Waals surface area contributed by atoms with Crippen LogP contribution >= 0.6 is 24.0 Å². The first-order chi connectivity index (χ1) is 11.8. The van der Waals surface area contributed by atoms with Gasteiger partial charge in [0.05, 0.1) is 6.54 Å². The molecule has 1 aliphatic rings. The standard InChI is InChI=1S/C19H31N5O.HI/c1-14-6-8-16(9-7-14)24-11-10-15(13-24)22-18(20-5)21-12-17(25)23-19(2,3)4;/h6-9,15H,10-13H2,1-5H3,(H,23,25)(H2,20,21,22);1H. The molecule has 1 saturated heterocycles. The topological polar surface area (TPSA) is 68.8 Å². The molecule has 0 aromatic heterocycles. The summed E-state index contributed by atoms with van der Waals surface area (Å²) in [5, 5.41) is 9.43. The molecule has 0 saturated carbocycles. The average molecular weight is 473 g/mol. The van der Waals surface area contributed by atoms with E-state index in [1.54, 1.807) is 7.05 Å². The predicted molar refractivity (Wildman–Crippen MR) is 120 cm³/mol. The van der Waals surface area contributed by atoms with E-state index in [-0.39, 0.29) is 42.0 Å². The van der Waals surface area contributed by atoms with Crippen LogP contribution in [0.1, 0.15) is 32.8 Å². The third kappa shape index (κ3) is 7.39. The van der Waals surface area contributed by atoms with Crippen molar-refractivity contribution < 1.29 is 4.79 Å². The lowest BCUT2D eigenvalue weighted by molar-refractivity contribution is -0.121. The Balaban J connectivity index is 0.00000338. The van der Waals surface area contributed by atoms with Gasteiger partial charge in [0, 0.05) is 37.4 Å². The zero-order valence-electron chi connectivity index (χ0n) is 16.4. The molecular formula is C19H32IN5O. The van der Waals surface area contributed by atoms with Gasteiger partial charge in [0.15, 0.2) is 5.96 Å². The number of nitrogens with zero attached hydrogens (tertiary/aromatic N) is 2. The highest BCUT2D eigenvalue weighted by Gasteiger charge is 2.23. The Morgan fingerprint density at radius 3 is 2.50 bits per heavy atom. The van der Waals surface area contributed by atoms with E-state index in [0.29, 0.717) is 12.0 Å². The van der Waals surface area contributed by atoms with Crippen molar-refractivity contribution in [3.05, 3.63) is 29.8 Å². The fraction of sp³-hybridized carbons (Fsp3) is 0.579. The summed E-state index contributed by atoms with van der Waals surface area (Å²) in [4.78, 5) is 18.5. The Labute approximate surface area is 174 Å². The summed E-state index contributed by atoms with van der Waals surface area (Å²) in [5.74, 6) is 0.628. The Bertz CT molecular complexity index is 609. The molecule has 1 aromatic rings. The number of anilines is 1. The van der Waals surface area contributed by atoms with E-state index in [2.05, 4.69) is 57.0 Å². The van der Waals surface area contributed by atoms with Gasteiger partial charge in [-0.15, -0.1) is 24.0 Å². The minimum absolute atomic E-state index is 0. The molecule has 1 aliphatic heterocycles. The second-order valence-electron chi connectivity index (χ2n) is 7.64. The van der Waals surface area contributed by atoms with Crippen molar-refractivity contribution in [2.45, 2.75) is 45.7 Å². The molecule has 1 amide bonds. The number of carbonyl (C=O) groups excluding carboxylic acids is 1. The Morgan fingerprint density at radius 1 is 1.27 bits per heavy atom. The summed E-state index contributed by atoms with van der Waals surface area (Å²) in [7, 11) is 1.73. The quantitative estimate of drug-likeness (QED) is 0.357. The number of halogens is 1. The third-order valence-electron chi connectivity index (χ3n) is 4.08. The van der Waals surface area contributed by atoms with Crippen LogP contribution in [0.4, 0.5) is 5.69 Å². The Morgan fingerprint density at radius 2 is 1.92 bits per heavy atom. The van der Waals surface area contributed by atoms with E-state index in [4.69, 9.17) is 0 Å². The van der Waals surface area contributed by atoms with Crippen molar-refractivity contribution in [1.29, 1.82) is 0 Å². The fourth-order valence-electron chi connectivity index (χ4n) is 2.88. The number of nitrogens with one attached hydrogen (secondary N) is 3. The number of guanidine groups is 1. The van der Waals surface area contributed by atoms with Crippen LogP contribution < -0.4 is 20.9 Å². The van der Waals surface area contributed by atoms with Crippen LogP contribution in [0, 0.1) is 6.92 Å². The number of carbonyl (C=O) groups is 1. The van der Waals surface area contributed by atoms with Crippen molar-refractivity contribution >= 4 is 41.5 Å². The maximum Gasteiger partial charge on any atom is 0.239 e. The predicted octanol–water partition coefficient (Wildman–Crippen LogP) is 2.27. The van der Waals surface area contributed by atoms with E-state index in [9.17, 15) is 4.79 Å². The molecule has 0 spiro atoms. The number of hydrogen-bond donors (Lipinski definition) is 3. The molecule has 6 nitrogen and oxygen atoms in total. The van der Waals surface area contributed by atoms with Crippen molar-refractivity contribution in [3.8, 4) is 0 Å². The van der Waals surface area contributed by atoms with Crippen LogP contribution in [0.15, 0.2) is 29.3 Å². The molecule has 26 heavy (non-hydrogen) atoms. The normalized spacial score (nSPS) is 17.5. The minimum Gasteiger partial charge on any atom is -0.369 e. The first kappa shape index (κ1) is 22.5. The van der Waals surface area contributed by atoms with Gasteiger partial charge in [-0.25, -0.2) is 0 Å². The highest BCUT2D eigenvalue weighted by atomic mass is 127. The largest absolute Gasteiger partial charge is 0.369 e. The first-order valence-electron chi connectivity index (χ1n) is 8.86. The molecule has 0 bridgehead atoms. The monoisotopic (exact) mass is 473 g/mol. The van der Waals surface area contributed by atoms with E-state index in [0.717, 1.165) is 19.5 Å². The summed E-state index contributed by atoms with van der Waals surface area (Å²) in [6.45, 7) is 10.2. The molecular weight excluding hydrogens is 441 g/mol. The number of benzene rings is 1. The van der Waals surface area contributed by atoms with E-state index >= 15 is 0 Å². The average Bonchev–Trinajstić information content (AvgIpc) is 2.99. The Kier molecular flexibility index (Phi) is 8.66. The summed E-state index contributed by atoms with van der Waals surface area (Å²) < 4.78 is 0. The molecule has 2 rings (SSSR count). The van der Waals surface area contributed by atoms with Crippen molar-refractivity contribution in [2.24, 2.45) is 4.99 Å². The lowest BCUT2D eigenvalue weighted by Crippen LogP contribution is -2.50. The third-order valence-corrected chi connectivity index (χ3v) is 4.08. The van der Waals surface area contributed by atoms with Crippen molar-refractivity contribution in [1.82, 2.24) is 16.0 Å².